The van der Waals surface area contributed by atoms with Gasteiger partial charge in [0.1, 0.15) is 22.6 Å². The number of rotatable bonds is 5. The fourth-order valence-electron chi connectivity index (χ4n) is 2.78. The van der Waals surface area contributed by atoms with Crippen LogP contribution in [0, 0.1) is 0 Å². The zero-order valence-corrected chi connectivity index (χ0v) is 16.4. The second-order valence-corrected chi connectivity index (χ2v) is 6.93. The average molecular weight is 408 g/mol. The van der Waals surface area contributed by atoms with E-state index in [1.807, 2.05) is 29.6 Å². The molecule has 0 aliphatic carbocycles. The van der Waals surface area contributed by atoms with E-state index in [0.717, 1.165) is 11.3 Å². The van der Waals surface area contributed by atoms with E-state index in [-0.39, 0.29) is 5.56 Å². The van der Waals surface area contributed by atoms with E-state index in [2.05, 4.69) is 10.3 Å². The normalized spacial score (nSPS) is 10.7. The summed E-state index contributed by atoms with van der Waals surface area (Å²) >= 11 is 1.27. The van der Waals surface area contributed by atoms with Crippen LogP contribution in [0.25, 0.3) is 22.2 Å². The van der Waals surface area contributed by atoms with Crippen LogP contribution in [0.5, 0.6) is 11.5 Å². The molecule has 0 saturated heterocycles. The van der Waals surface area contributed by atoms with Crippen LogP contribution in [0.1, 0.15) is 10.4 Å². The molecule has 29 heavy (non-hydrogen) atoms. The number of carbonyl (C=O) groups is 1. The summed E-state index contributed by atoms with van der Waals surface area (Å²) in [6.45, 7) is 0. The zero-order valence-electron chi connectivity index (χ0n) is 15.6. The summed E-state index contributed by atoms with van der Waals surface area (Å²) < 4.78 is 15.6. The van der Waals surface area contributed by atoms with Gasteiger partial charge < -0.3 is 13.9 Å². The molecule has 0 saturated carbocycles. The van der Waals surface area contributed by atoms with Gasteiger partial charge in [0, 0.05) is 16.3 Å². The first kappa shape index (κ1) is 18.7. The number of nitrogens with zero attached hydrogens (tertiary/aromatic N) is 1. The molecule has 0 fully saturated rings. The lowest BCUT2D eigenvalue weighted by Crippen LogP contribution is -2.20. The monoisotopic (exact) mass is 408 g/mol. The van der Waals surface area contributed by atoms with Crippen LogP contribution in [-0.2, 0) is 0 Å². The lowest BCUT2D eigenvalue weighted by Gasteiger charge is -2.04. The van der Waals surface area contributed by atoms with Gasteiger partial charge in [0.15, 0.2) is 5.13 Å². The van der Waals surface area contributed by atoms with Gasteiger partial charge in [0.05, 0.1) is 19.9 Å². The maximum absolute atomic E-state index is 12.6. The van der Waals surface area contributed by atoms with Gasteiger partial charge >= 0.3 is 5.63 Å². The largest absolute Gasteiger partial charge is 0.497 e. The molecular weight excluding hydrogens is 392 g/mol. The van der Waals surface area contributed by atoms with Crippen molar-refractivity contribution in [1.29, 1.82) is 0 Å². The van der Waals surface area contributed by atoms with Crippen LogP contribution in [0.2, 0.25) is 0 Å². The van der Waals surface area contributed by atoms with Gasteiger partial charge in [-0.05, 0) is 48.5 Å². The Balaban J connectivity index is 1.58. The molecule has 2 aromatic heterocycles. The van der Waals surface area contributed by atoms with Crippen LogP contribution in [0.3, 0.4) is 0 Å². The SMILES string of the molecule is COc1ccc(-c2csc(NC(=O)c3cc4cc(OC)ccc4oc3=O)n2)cc1. The van der Waals surface area contributed by atoms with Crippen molar-refractivity contribution < 1.29 is 18.7 Å². The van der Waals surface area contributed by atoms with E-state index in [1.54, 1.807) is 25.3 Å². The van der Waals surface area contributed by atoms with Crippen LogP contribution in [-0.4, -0.2) is 25.1 Å². The predicted molar refractivity (Wildman–Crippen MR) is 111 cm³/mol. The lowest BCUT2D eigenvalue weighted by atomic mass is 10.1. The Morgan fingerprint density at radius 1 is 1.03 bits per heavy atom. The molecule has 0 radical (unpaired) electrons. The molecule has 2 heterocycles. The number of hydrogen-bond donors (Lipinski definition) is 1. The van der Waals surface area contributed by atoms with Crippen molar-refractivity contribution in [2.24, 2.45) is 0 Å². The van der Waals surface area contributed by atoms with Crippen molar-refractivity contribution in [3.05, 3.63) is 69.9 Å². The van der Waals surface area contributed by atoms with E-state index in [4.69, 9.17) is 13.9 Å². The number of carbonyl (C=O) groups excluding carboxylic acids is 1. The maximum Gasteiger partial charge on any atom is 0.349 e. The Bertz CT molecular complexity index is 1240. The molecule has 0 aliphatic rings. The molecule has 4 rings (SSSR count). The molecule has 146 valence electrons. The molecule has 0 bridgehead atoms. The van der Waals surface area contributed by atoms with Crippen LogP contribution < -0.4 is 20.4 Å². The summed E-state index contributed by atoms with van der Waals surface area (Å²) in [7, 11) is 3.14. The number of anilines is 1. The second-order valence-electron chi connectivity index (χ2n) is 6.07. The number of hydrogen-bond acceptors (Lipinski definition) is 7. The number of amides is 1. The highest BCUT2D eigenvalue weighted by atomic mass is 32.1. The second kappa shape index (κ2) is 7.76. The average Bonchev–Trinajstić information content (AvgIpc) is 3.21. The Morgan fingerprint density at radius 3 is 2.48 bits per heavy atom. The van der Waals surface area contributed by atoms with Gasteiger partial charge in [0.2, 0.25) is 0 Å². The quantitative estimate of drug-likeness (QED) is 0.498. The van der Waals surface area contributed by atoms with E-state index in [1.165, 1.54) is 24.5 Å². The van der Waals surface area contributed by atoms with E-state index in [9.17, 15) is 9.59 Å². The minimum atomic E-state index is -0.716. The highest BCUT2D eigenvalue weighted by Gasteiger charge is 2.16. The fraction of sp³-hybridized carbons (Fsp3) is 0.0952. The third-order valence-corrected chi connectivity index (χ3v) is 5.05. The first-order valence-electron chi connectivity index (χ1n) is 8.60. The van der Waals surface area contributed by atoms with Crippen molar-refractivity contribution in [2.45, 2.75) is 0 Å². The summed E-state index contributed by atoms with van der Waals surface area (Å²) in [6.07, 6.45) is 0. The number of ether oxygens (including phenoxy) is 2. The number of thiazole rings is 1. The summed E-state index contributed by atoms with van der Waals surface area (Å²) in [5.41, 5.74) is 1.16. The Hall–Kier alpha value is -3.65. The van der Waals surface area contributed by atoms with Crippen LogP contribution in [0.4, 0.5) is 5.13 Å². The summed E-state index contributed by atoms with van der Waals surface area (Å²) in [4.78, 5) is 29.2. The van der Waals surface area contributed by atoms with E-state index >= 15 is 0 Å². The van der Waals surface area contributed by atoms with Gasteiger partial charge in [-0.2, -0.15) is 0 Å². The fourth-order valence-corrected chi connectivity index (χ4v) is 3.49. The molecule has 1 N–H and O–H groups in total. The molecule has 0 aliphatic heterocycles. The third-order valence-electron chi connectivity index (χ3n) is 4.29. The number of aromatic nitrogens is 1. The molecule has 7 nitrogen and oxygen atoms in total. The van der Waals surface area contributed by atoms with Gasteiger partial charge in [-0.25, -0.2) is 9.78 Å². The summed E-state index contributed by atoms with van der Waals surface area (Å²) in [5.74, 6) is 0.762. The van der Waals surface area contributed by atoms with Crippen molar-refractivity contribution in [1.82, 2.24) is 4.98 Å². The smallest absolute Gasteiger partial charge is 0.349 e. The number of methoxy groups -OCH3 is 2. The minimum Gasteiger partial charge on any atom is -0.497 e. The molecule has 4 aromatic rings. The van der Waals surface area contributed by atoms with E-state index < -0.39 is 11.5 Å². The van der Waals surface area contributed by atoms with Gasteiger partial charge in [0.25, 0.3) is 5.91 Å². The maximum atomic E-state index is 12.6. The summed E-state index contributed by atoms with van der Waals surface area (Å²) in [5, 5.41) is 5.45. The molecule has 0 spiro atoms. The Morgan fingerprint density at radius 2 is 1.76 bits per heavy atom. The first-order valence-corrected chi connectivity index (χ1v) is 9.48. The van der Waals surface area contributed by atoms with Gasteiger partial charge in [-0.3, -0.25) is 10.1 Å². The minimum absolute atomic E-state index is 0.105. The molecular formula is C21H16N2O5S. The first-order chi connectivity index (χ1) is 14.1. The van der Waals surface area contributed by atoms with Crippen molar-refractivity contribution in [2.75, 3.05) is 19.5 Å². The topological polar surface area (TPSA) is 90.7 Å². The van der Waals surface area contributed by atoms with E-state index in [0.29, 0.717) is 27.5 Å². The summed E-state index contributed by atoms with van der Waals surface area (Å²) in [6, 6.07) is 13.9. The molecule has 0 atom stereocenters. The lowest BCUT2D eigenvalue weighted by molar-refractivity contribution is 0.102. The van der Waals surface area contributed by atoms with Crippen LogP contribution >= 0.6 is 11.3 Å². The number of nitrogens with one attached hydrogen (secondary N) is 1. The third kappa shape index (κ3) is 3.83. The molecule has 1 amide bonds. The highest BCUT2D eigenvalue weighted by Crippen LogP contribution is 2.27. The standard InChI is InChI=1S/C21H16N2O5S/c1-26-14-5-3-12(4-6-14)17-11-29-21(22-17)23-19(24)16-10-13-9-15(27-2)7-8-18(13)28-20(16)25/h3-11H,1-2H3,(H,22,23,24). The number of benzene rings is 2. The van der Waals surface area contributed by atoms with Crippen molar-refractivity contribution in [3.8, 4) is 22.8 Å². The Kier molecular flexibility index (Phi) is 5.01. The molecule has 8 heteroatoms. The van der Waals surface area contributed by atoms with Gasteiger partial charge in [-0.1, -0.05) is 0 Å². The van der Waals surface area contributed by atoms with Crippen LogP contribution in [0.15, 0.2) is 63.1 Å². The molecule has 0 unspecified atom stereocenters. The predicted octanol–water partition coefficient (Wildman–Crippen LogP) is 4.19. The Labute approximate surface area is 169 Å². The van der Waals surface area contributed by atoms with Gasteiger partial charge in [-0.15, -0.1) is 11.3 Å². The van der Waals surface area contributed by atoms with Crippen molar-refractivity contribution >= 4 is 33.3 Å². The zero-order chi connectivity index (χ0) is 20.4. The van der Waals surface area contributed by atoms with Crippen molar-refractivity contribution in [3.63, 3.8) is 0 Å². The number of fused-ring (bicyclic) bond motifs is 1. The highest BCUT2D eigenvalue weighted by molar-refractivity contribution is 7.14. The molecule has 2 aromatic carbocycles.